The average molecular weight is 273 g/mol. The number of benzene rings is 1. The predicted octanol–water partition coefficient (Wildman–Crippen LogP) is 1.82. The molecule has 0 bridgehead atoms. The lowest BCUT2D eigenvalue weighted by molar-refractivity contribution is 0.364. The zero-order chi connectivity index (χ0) is 14.1. The average Bonchev–Trinajstić information content (AvgIpc) is 3.08. The number of allylic oxidation sites excluding steroid dienone is 1. The molecule has 1 heterocycles. The van der Waals surface area contributed by atoms with Crippen LogP contribution in [0.3, 0.4) is 0 Å². The molecule has 0 aliphatic heterocycles. The first kappa shape index (κ1) is 12.7. The molecule has 1 aromatic heterocycles. The van der Waals surface area contributed by atoms with Gasteiger partial charge < -0.3 is 20.1 Å². The van der Waals surface area contributed by atoms with Crippen molar-refractivity contribution in [3.05, 3.63) is 36.2 Å². The summed E-state index contributed by atoms with van der Waals surface area (Å²) in [6.07, 6.45) is 4.71. The number of methoxy groups -OCH3 is 1. The van der Waals surface area contributed by atoms with E-state index in [1.165, 1.54) is 13.2 Å². The number of nitrogens with zero attached hydrogens (tertiary/aromatic N) is 2. The van der Waals surface area contributed by atoms with Gasteiger partial charge in [0.2, 0.25) is 11.7 Å². The van der Waals surface area contributed by atoms with Crippen LogP contribution in [0.25, 0.3) is 11.4 Å². The Bertz CT molecular complexity index is 651. The Balaban J connectivity index is 1.88. The van der Waals surface area contributed by atoms with Crippen LogP contribution in [0.4, 0.5) is 0 Å². The van der Waals surface area contributed by atoms with E-state index < -0.39 is 0 Å². The fourth-order valence-electron chi connectivity index (χ4n) is 2.23. The number of hydrogen-bond acceptors (Lipinski definition) is 6. The molecule has 20 heavy (non-hydrogen) atoms. The van der Waals surface area contributed by atoms with E-state index in [-0.39, 0.29) is 17.7 Å². The number of phenols is 1. The minimum absolute atomic E-state index is 0.0455. The highest BCUT2D eigenvalue weighted by molar-refractivity contribution is 5.60. The Hall–Kier alpha value is -2.34. The van der Waals surface area contributed by atoms with E-state index in [0.717, 1.165) is 12.0 Å². The van der Waals surface area contributed by atoms with Gasteiger partial charge in [0.05, 0.1) is 13.0 Å². The van der Waals surface area contributed by atoms with Gasteiger partial charge in [0, 0.05) is 11.6 Å². The number of rotatable bonds is 3. The maximum absolute atomic E-state index is 9.58. The highest BCUT2D eigenvalue weighted by Crippen LogP contribution is 2.32. The molecule has 2 atom stereocenters. The van der Waals surface area contributed by atoms with Crippen LogP contribution in [-0.2, 0) is 0 Å². The lowest BCUT2D eigenvalue weighted by Gasteiger charge is -2.04. The summed E-state index contributed by atoms with van der Waals surface area (Å²) in [5.74, 6) is 1.54. The van der Waals surface area contributed by atoms with Crippen LogP contribution in [0.1, 0.15) is 18.2 Å². The van der Waals surface area contributed by atoms with Gasteiger partial charge in [-0.1, -0.05) is 17.3 Å². The summed E-state index contributed by atoms with van der Waals surface area (Å²) in [7, 11) is 1.49. The summed E-state index contributed by atoms with van der Waals surface area (Å²) >= 11 is 0. The molecule has 0 spiro atoms. The van der Waals surface area contributed by atoms with Gasteiger partial charge in [0.15, 0.2) is 11.5 Å². The molecular formula is C14H15N3O3. The van der Waals surface area contributed by atoms with E-state index in [0.29, 0.717) is 17.5 Å². The van der Waals surface area contributed by atoms with Gasteiger partial charge in [-0.15, -0.1) is 0 Å². The van der Waals surface area contributed by atoms with Gasteiger partial charge in [-0.05, 0) is 24.6 Å². The van der Waals surface area contributed by atoms with Crippen molar-refractivity contribution in [2.24, 2.45) is 5.73 Å². The van der Waals surface area contributed by atoms with Crippen LogP contribution >= 0.6 is 0 Å². The number of nitrogens with two attached hydrogens (primary N) is 1. The monoisotopic (exact) mass is 273 g/mol. The van der Waals surface area contributed by atoms with Crippen molar-refractivity contribution in [3.63, 3.8) is 0 Å². The molecule has 0 radical (unpaired) electrons. The van der Waals surface area contributed by atoms with Crippen molar-refractivity contribution in [3.8, 4) is 22.9 Å². The Morgan fingerprint density at radius 1 is 1.40 bits per heavy atom. The highest BCUT2D eigenvalue weighted by Gasteiger charge is 2.23. The van der Waals surface area contributed by atoms with Crippen molar-refractivity contribution in [2.75, 3.05) is 7.11 Å². The maximum Gasteiger partial charge on any atom is 0.233 e. The third kappa shape index (κ3) is 2.25. The summed E-state index contributed by atoms with van der Waals surface area (Å²) < 4.78 is 10.3. The summed E-state index contributed by atoms with van der Waals surface area (Å²) in [6, 6.07) is 4.96. The molecule has 1 aromatic carbocycles. The molecule has 104 valence electrons. The van der Waals surface area contributed by atoms with Gasteiger partial charge in [-0.2, -0.15) is 4.98 Å². The van der Waals surface area contributed by atoms with E-state index >= 15 is 0 Å². The number of aromatic nitrogens is 2. The van der Waals surface area contributed by atoms with E-state index in [9.17, 15) is 5.11 Å². The molecule has 6 heteroatoms. The van der Waals surface area contributed by atoms with E-state index in [4.69, 9.17) is 15.0 Å². The van der Waals surface area contributed by atoms with E-state index in [1.807, 2.05) is 12.2 Å². The minimum Gasteiger partial charge on any atom is -0.504 e. The molecule has 1 aliphatic carbocycles. The van der Waals surface area contributed by atoms with Crippen molar-refractivity contribution >= 4 is 0 Å². The molecule has 1 aliphatic rings. The molecule has 3 rings (SSSR count). The first-order valence-electron chi connectivity index (χ1n) is 6.32. The van der Waals surface area contributed by atoms with Gasteiger partial charge in [-0.25, -0.2) is 0 Å². The van der Waals surface area contributed by atoms with Crippen LogP contribution in [0, 0.1) is 0 Å². The Morgan fingerprint density at radius 3 is 2.95 bits per heavy atom. The van der Waals surface area contributed by atoms with Gasteiger partial charge in [-0.3, -0.25) is 0 Å². The molecule has 0 saturated heterocycles. The third-order valence-electron chi connectivity index (χ3n) is 3.31. The third-order valence-corrected chi connectivity index (χ3v) is 3.31. The molecule has 0 fully saturated rings. The fraction of sp³-hybridized carbons (Fsp3) is 0.286. The van der Waals surface area contributed by atoms with E-state index in [2.05, 4.69) is 10.1 Å². The second kappa shape index (κ2) is 4.97. The Morgan fingerprint density at radius 2 is 2.25 bits per heavy atom. The van der Waals surface area contributed by atoms with Crippen LogP contribution in [0.5, 0.6) is 11.5 Å². The van der Waals surface area contributed by atoms with Crippen molar-refractivity contribution in [2.45, 2.75) is 18.4 Å². The number of phenolic OH excluding ortho intramolecular Hbond substituents is 1. The van der Waals surface area contributed by atoms with Crippen molar-refractivity contribution in [1.82, 2.24) is 10.1 Å². The SMILES string of the molecule is COc1cc(-c2noc(C3C=CC(N)C3)n2)ccc1O. The predicted molar refractivity (Wildman–Crippen MR) is 72.4 cm³/mol. The quantitative estimate of drug-likeness (QED) is 0.828. The van der Waals surface area contributed by atoms with Crippen LogP contribution in [0.2, 0.25) is 0 Å². The Labute approximate surface area is 115 Å². The molecular weight excluding hydrogens is 258 g/mol. The van der Waals surface area contributed by atoms with Crippen molar-refractivity contribution in [1.29, 1.82) is 0 Å². The molecule has 6 nitrogen and oxygen atoms in total. The lowest BCUT2D eigenvalue weighted by Crippen LogP contribution is -2.14. The molecule has 0 saturated carbocycles. The normalized spacial score (nSPS) is 21.3. The summed E-state index contributed by atoms with van der Waals surface area (Å²) in [4.78, 5) is 4.38. The zero-order valence-corrected chi connectivity index (χ0v) is 11.0. The standard InChI is InChI=1S/C14H15N3O3/c1-19-12-7-8(3-5-11(12)18)13-16-14(20-17-13)9-2-4-10(15)6-9/h2-5,7,9-10,18H,6,15H2,1H3. The zero-order valence-electron chi connectivity index (χ0n) is 11.0. The van der Waals surface area contributed by atoms with Gasteiger partial charge >= 0.3 is 0 Å². The van der Waals surface area contributed by atoms with E-state index in [1.54, 1.807) is 12.1 Å². The molecule has 2 aromatic rings. The first-order chi connectivity index (χ1) is 9.67. The van der Waals surface area contributed by atoms with Gasteiger partial charge in [0.1, 0.15) is 0 Å². The number of aromatic hydroxyl groups is 1. The second-order valence-electron chi connectivity index (χ2n) is 4.73. The smallest absolute Gasteiger partial charge is 0.233 e. The van der Waals surface area contributed by atoms with Crippen LogP contribution in [-0.4, -0.2) is 28.4 Å². The molecule has 3 N–H and O–H groups in total. The lowest BCUT2D eigenvalue weighted by atomic mass is 10.1. The fourth-order valence-corrected chi connectivity index (χ4v) is 2.23. The van der Waals surface area contributed by atoms with Crippen LogP contribution in [0.15, 0.2) is 34.9 Å². The number of ether oxygens (including phenoxy) is 1. The number of hydrogen-bond donors (Lipinski definition) is 2. The summed E-state index contributed by atoms with van der Waals surface area (Å²) in [5.41, 5.74) is 6.54. The highest BCUT2D eigenvalue weighted by atomic mass is 16.5. The van der Waals surface area contributed by atoms with Crippen LogP contribution < -0.4 is 10.5 Å². The largest absolute Gasteiger partial charge is 0.504 e. The summed E-state index contributed by atoms with van der Waals surface area (Å²) in [5, 5.41) is 13.5. The maximum atomic E-state index is 9.58. The second-order valence-corrected chi connectivity index (χ2v) is 4.73. The topological polar surface area (TPSA) is 94.4 Å². The van der Waals surface area contributed by atoms with Gasteiger partial charge in [0.25, 0.3) is 0 Å². The van der Waals surface area contributed by atoms with Crippen molar-refractivity contribution < 1.29 is 14.4 Å². The Kier molecular flexibility index (Phi) is 3.15. The molecule has 2 unspecified atom stereocenters. The molecule has 0 amide bonds. The summed E-state index contributed by atoms with van der Waals surface area (Å²) in [6.45, 7) is 0. The first-order valence-corrected chi connectivity index (χ1v) is 6.32. The minimum atomic E-state index is 0.0455.